The van der Waals surface area contributed by atoms with Gasteiger partial charge in [-0.05, 0) is 25.0 Å². The van der Waals surface area contributed by atoms with E-state index in [1.807, 2.05) is 36.4 Å². The molecule has 4 rings (SSSR count). The number of carbonyl (C=O) groups is 2. The highest BCUT2D eigenvalue weighted by Gasteiger charge is 2.48. The number of imide groups is 1. The predicted octanol–water partition coefficient (Wildman–Crippen LogP) is 1.78. The lowest BCUT2D eigenvalue weighted by Crippen LogP contribution is -2.44. The molecule has 0 saturated carbocycles. The molecule has 0 radical (unpaired) electrons. The molecule has 1 saturated heterocycles. The Kier molecular flexibility index (Phi) is 3.13. The van der Waals surface area contributed by atoms with E-state index in [0.29, 0.717) is 30.9 Å². The lowest BCUT2D eigenvalue weighted by Gasteiger charge is -2.29. The maximum Gasteiger partial charge on any atom is 0.233 e. The molecule has 1 aromatic rings. The van der Waals surface area contributed by atoms with Gasteiger partial charge in [-0.1, -0.05) is 24.3 Å². The highest BCUT2D eigenvalue weighted by Crippen LogP contribution is 2.36. The van der Waals surface area contributed by atoms with Crippen molar-refractivity contribution in [3.63, 3.8) is 0 Å². The van der Waals surface area contributed by atoms with Crippen LogP contribution < -0.4 is 9.47 Å². The maximum absolute atomic E-state index is 12.4. The van der Waals surface area contributed by atoms with Gasteiger partial charge < -0.3 is 9.47 Å². The summed E-state index contributed by atoms with van der Waals surface area (Å²) in [6, 6.07) is 7.43. The molecular formula is C17H17NO4. The smallest absolute Gasteiger partial charge is 0.233 e. The lowest BCUT2D eigenvalue weighted by atomic mass is 9.85. The molecule has 5 heteroatoms. The zero-order chi connectivity index (χ0) is 15.1. The highest BCUT2D eigenvalue weighted by molar-refractivity contribution is 6.05. The van der Waals surface area contributed by atoms with Crippen molar-refractivity contribution < 1.29 is 19.1 Å². The number of likely N-dealkylation sites (tertiary alicyclic amines) is 1. The normalized spacial score (nSPS) is 29.6. The van der Waals surface area contributed by atoms with Crippen LogP contribution in [0, 0.1) is 11.8 Å². The van der Waals surface area contributed by atoms with Crippen molar-refractivity contribution in [2.75, 3.05) is 13.2 Å². The molecule has 0 N–H and O–H groups in total. The second kappa shape index (κ2) is 5.16. The predicted molar refractivity (Wildman–Crippen MR) is 78.4 cm³/mol. The molecule has 0 unspecified atom stereocenters. The fraction of sp³-hybridized carbons (Fsp3) is 0.412. The number of carbonyl (C=O) groups excluding carboxylic acids is 2. The van der Waals surface area contributed by atoms with E-state index >= 15 is 0 Å². The van der Waals surface area contributed by atoms with Crippen molar-refractivity contribution >= 4 is 11.8 Å². The summed E-state index contributed by atoms with van der Waals surface area (Å²) in [5.41, 5.74) is 0. The van der Waals surface area contributed by atoms with Crippen LogP contribution in [0.2, 0.25) is 0 Å². The van der Waals surface area contributed by atoms with Gasteiger partial charge in [-0.3, -0.25) is 14.5 Å². The Hall–Kier alpha value is -2.30. The van der Waals surface area contributed by atoms with Crippen molar-refractivity contribution in [2.24, 2.45) is 11.8 Å². The molecule has 0 bridgehead atoms. The highest BCUT2D eigenvalue weighted by atomic mass is 16.6. The molecule has 22 heavy (non-hydrogen) atoms. The van der Waals surface area contributed by atoms with E-state index in [4.69, 9.17) is 9.47 Å². The van der Waals surface area contributed by atoms with Gasteiger partial charge in [-0.25, -0.2) is 0 Å². The third kappa shape index (κ3) is 2.08. The Morgan fingerprint density at radius 3 is 2.32 bits per heavy atom. The average Bonchev–Trinajstić information content (AvgIpc) is 2.80. The summed E-state index contributed by atoms with van der Waals surface area (Å²) in [4.78, 5) is 26.3. The number of benzene rings is 1. The second-order valence-electron chi connectivity index (χ2n) is 5.94. The third-order valence-electron chi connectivity index (χ3n) is 4.55. The van der Waals surface area contributed by atoms with Gasteiger partial charge in [0.2, 0.25) is 11.8 Å². The Morgan fingerprint density at radius 2 is 1.64 bits per heavy atom. The fourth-order valence-corrected chi connectivity index (χ4v) is 3.41. The van der Waals surface area contributed by atoms with Crippen LogP contribution >= 0.6 is 0 Å². The monoisotopic (exact) mass is 299 g/mol. The molecule has 2 amide bonds. The molecule has 1 fully saturated rings. The number of nitrogens with zero attached hydrogens (tertiary/aromatic N) is 1. The van der Waals surface area contributed by atoms with Gasteiger partial charge >= 0.3 is 0 Å². The van der Waals surface area contributed by atoms with Crippen LogP contribution in [0.4, 0.5) is 0 Å². The quantitative estimate of drug-likeness (QED) is 0.617. The Balaban J connectivity index is 1.48. The fourth-order valence-electron chi connectivity index (χ4n) is 3.41. The average molecular weight is 299 g/mol. The van der Waals surface area contributed by atoms with E-state index in [2.05, 4.69) is 0 Å². The van der Waals surface area contributed by atoms with E-state index in [1.165, 1.54) is 4.90 Å². The minimum absolute atomic E-state index is 0.0678. The number of para-hydroxylation sites is 2. The molecule has 114 valence electrons. The van der Waals surface area contributed by atoms with Gasteiger partial charge in [0.05, 0.1) is 18.4 Å². The van der Waals surface area contributed by atoms with Crippen molar-refractivity contribution in [1.29, 1.82) is 0 Å². The SMILES string of the molecule is O=C1[C@@H]2CC=CC[C@H]2C(=O)N1C[C@@H]1COc2ccccc2O1. The Bertz CT molecular complexity index is 628. The van der Waals surface area contributed by atoms with Gasteiger partial charge in [0, 0.05) is 0 Å². The number of allylic oxidation sites excluding steroid dienone is 2. The number of amides is 2. The molecule has 2 heterocycles. The molecule has 0 aromatic heterocycles. The minimum Gasteiger partial charge on any atom is -0.486 e. The molecule has 1 aromatic carbocycles. The van der Waals surface area contributed by atoms with Gasteiger partial charge in [-0.15, -0.1) is 0 Å². The van der Waals surface area contributed by atoms with Crippen molar-refractivity contribution in [1.82, 2.24) is 4.90 Å². The van der Waals surface area contributed by atoms with E-state index in [1.54, 1.807) is 0 Å². The van der Waals surface area contributed by atoms with Crippen LogP contribution in [0.3, 0.4) is 0 Å². The summed E-state index contributed by atoms with van der Waals surface area (Å²) in [6.07, 6.45) is 5.00. The van der Waals surface area contributed by atoms with E-state index in [-0.39, 0.29) is 36.3 Å². The van der Waals surface area contributed by atoms with Gasteiger partial charge in [0.15, 0.2) is 17.6 Å². The second-order valence-corrected chi connectivity index (χ2v) is 5.94. The zero-order valence-corrected chi connectivity index (χ0v) is 12.1. The lowest BCUT2D eigenvalue weighted by molar-refractivity contribution is -0.141. The Morgan fingerprint density at radius 1 is 1.00 bits per heavy atom. The van der Waals surface area contributed by atoms with E-state index in [0.717, 1.165) is 0 Å². The first-order chi connectivity index (χ1) is 10.7. The largest absolute Gasteiger partial charge is 0.486 e. The number of rotatable bonds is 2. The summed E-state index contributed by atoms with van der Waals surface area (Å²) in [6.45, 7) is 0.612. The summed E-state index contributed by atoms with van der Waals surface area (Å²) < 4.78 is 11.5. The summed E-state index contributed by atoms with van der Waals surface area (Å²) in [7, 11) is 0. The number of hydrogen-bond donors (Lipinski definition) is 0. The number of fused-ring (bicyclic) bond motifs is 2. The first-order valence-corrected chi connectivity index (χ1v) is 7.63. The van der Waals surface area contributed by atoms with Crippen LogP contribution in [-0.4, -0.2) is 36.0 Å². The van der Waals surface area contributed by atoms with Crippen molar-refractivity contribution in [2.45, 2.75) is 18.9 Å². The van der Waals surface area contributed by atoms with Crippen LogP contribution in [0.15, 0.2) is 36.4 Å². The molecule has 3 aliphatic rings. The molecule has 5 nitrogen and oxygen atoms in total. The molecule has 0 spiro atoms. The topological polar surface area (TPSA) is 55.8 Å². The first-order valence-electron chi connectivity index (χ1n) is 7.63. The molecule has 1 aliphatic carbocycles. The standard InChI is InChI=1S/C17H17NO4/c19-16-12-5-1-2-6-13(12)17(20)18(16)9-11-10-21-14-7-3-4-8-15(14)22-11/h1-4,7-8,11-13H,5-6,9-10H2/t11-,12-,13-/m1/s1. The number of ether oxygens (including phenoxy) is 2. The van der Waals surface area contributed by atoms with Gasteiger partial charge in [0.1, 0.15) is 6.61 Å². The van der Waals surface area contributed by atoms with Crippen molar-refractivity contribution in [3.05, 3.63) is 36.4 Å². The molecular weight excluding hydrogens is 282 g/mol. The van der Waals surface area contributed by atoms with Crippen LogP contribution in [0.1, 0.15) is 12.8 Å². The molecule has 2 aliphatic heterocycles. The summed E-state index contributed by atoms with van der Waals surface area (Å²) >= 11 is 0. The van der Waals surface area contributed by atoms with E-state index < -0.39 is 0 Å². The zero-order valence-electron chi connectivity index (χ0n) is 12.1. The first kappa shape index (κ1) is 13.4. The summed E-state index contributed by atoms with van der Waals surface area (Å²) in [5.74, 6) is 0.861. The summed E-state index contributed by atoms with van der Waals surface area (Å²) in [5, 5.41) is 0. The maximum atomic E-state index is 12.4. The van der Waals surface area contributed by atoms with Crippen molar-refractivity contribution in [3.8, 4) is 11.5 Å². The van der Waals surface area contributed by atoms with Crippen LogP contribution in [-0.2, 0) is 9.59 Å². The minimum atomic E-state index is -0.309. The van der Waals surface area contributed by atoms with E-state index in [9.17, 15) is 9.59 Å². The van der Waals surface area contributed by atoms with Crippen LogP contribution in [0.25, 0.3) is 0 Å². The number of hydrogen-bond acceptors (Lipinski definition) is 4. The third-order valence-corrected chi connectivity index (χ3v) is 4.55. The van der Waals surface area contributed by atoms with Crippen LogP contribution in [0.5, 0.6) is 11.5 Å². The molecule has 3 atom stereocenters. The Labute approximate surface area is 128 Å². The van der Waals surface area contributed by atoms with Gasteiger partial charge in [0.25, 0.3) is 0 Å². The van der Waals surface area contributed by atoms with Gasteiger partial charge in [-0.2, -0.15) is 0 Å².